The largest absolute Gasteiger partial charge is 0.468 e. The number of aromatic nitrogens is 1. The van der Waals surface area contributed by atoms with Crippen LogP contribution in [0.15, 0.2) is 18.3 Å². The van der Waals surface area contributed by atoms with Crippen molar-refractivity contribution in [2.45, 2.75) is 39.5 Å². The van der Waals surface area contributed by atoms with Crippen molar-refractivity contribution in [1.29, 1.82) is 0 Å². The van der Waals surface area contributed by atoms with Crippen molar-refractivity contribution in [2.24, 2.45) is 5.92 Å². The van der Waals surface area contributed by atoms with Gasteiger partial charge in [0.05, 0.1) is 11.7 Å². The third-order valence-electron chi connectivity index (χ3n) is 2.47. The Morgan fingerprint density at radius 3 is 2.43 bits per heavy atom. The monoisotopic (exact) mass is 305 g/mol. The van der Waals surface area contributed by atoms with Crippen LogP contribution in [0.25, 0.3) is 0 Å². The fourth-order valence-corrected chi connectivity index (χ4v) is 1.70. The summed E-state index contributed by atoms with van der Waals surface area (Å²) in [6.07, 6.45) is -2.80. The van der Waals surface area contributed by atoms with Crippen LogP contribution in [0, 0.1) is 5.92 Å². The van der Waals surface area contributed by atoms with Crippen LogP contribution in [0.2, 0.25) is 0 Å². The van der Waals surface area contributed by atoms with Crippen LogP contribution < -0.4 is 4.74 Å². The van der Waals surface area contributed by atoms with E-state index in [4.69, 9.17) is 4.74 Å². The molecular weight excluding hydrogens is 287 g/mol. The first-order chi connectivity index (χ1) is 9.67. The van der Waals surface area contributed by atoms with E-state index in [1.54, 1.807) is 6.92 Å². The van der Waals surface area contributed by atoms with E-state index < -0.39 is 18.8 Å². The fourth-order valence-electron chi connectivity index (χ4n) is 1.70. The van der Waals surface area contributed by atoms with Crippen molar-refractivity contribution in [3.8, 4) is 5.88 Å². The van der Waals surface area contributed by atoms with Crippen molar-refractivity contribution in [2.75, 3.05) is 6.61 Å². The van der Waals surface area contributed by atoms with Gasteiger partial charge in [0, 0.05) is 12.3 Å². The molecule has 0 aliphatic heterocycles. The lowest BCUT2D eigenvalue weighted by molar-refractivity contribution is -0.154. The maximum absolute atomic E-state index is 12.0. The Balaban J connectivity index is 2.55. The second kappa shape index (κ2) is 7.28. The minimum absolute atomic E-state index is 0.171. The second-order valence-corrected chi connectivity index (χ2v) is 5.13. The summed E-state index contributed by atoms with van der Waals surface area (Å²) in [6, 6.07) is 2.53. The predicted octanol–water partition coefficient (Wildman–Crippen LogP) is 3.61. The number of alkyl halides is 3. The average molecular weight is 305 g/mol. The third-order valence-corrected chi connectivity index (χ3v) is 2.47. The number of rotatable bonds is 6. The Morgan fingerprint density at radius 1 is 1.29 bits per heavy atom. The number of carbonyl (C=O) groups excluding carboxylic acids is 1. The molecule has 0 bridgehead atoms. The molecule has 1 aromatic rings. The summed E-state index contributed by atoms with van der Waals surface area (Å²) in [5, 5.41) is 0. The zero-order valence-corrected chi connectivity index (χ0v) is 12.1. The maximum Gasteiger partial charge on any atom is 0.422 e. The Hall–Kier alpha value is -1.79. The van der Waals surface area contributed by atoms with E-state index in [1.807, 2.05) is 13.8 Å². The normalized spacial score (nSPS) is 13.1. The van der Waals surface area contributed by atoms with Crippen LogP contribution in [0.1, 0.15) is 37.6 Å². The van der Waals surface area contributed by atoms with Gasteiger partial charge in [-0.3, -0.25) is 0 Å². The van der Waals surface area contributed by atoms with Crippen molar-refractivity contribution < 1.29 is 27.4 Å². The van der Waals surface area contributed by atoms with Gasteiger partial charge >= 0.3 is 12.1 Å². The molecule has 0 saturated carbocycles. The molecule has 0 N–H and O–H groups in total. The molecule has 1 aromatic heterocycles. The molecule has 0 spiro atoms. The number of hydrogen-bond donors (Lipinski definition) is 0. The molecule has 0 aromatic carbocycles. The van der Waals surface area contributed by atoms with Crippen LogP contribution in [0.3, 0.4) is 0 Å². The van der Waals surface area contributed by atoms with Gasteiger partial charge in [0.15, 0.2) is 6.61 Å². The quantitative estimate of drug-likeness (QED) is 0.753. The lowest BCUT2D eigenvalue weighted by Gasteiger charge is -2.15. The van der Waals surface area contributed by atoms with Gasteiger partial charge in [0.2, 0.25) is 5.88 Å². The highest BCUT2D eigenvalue weighted by Gasteiger charge is 2.28. The van der Waals surface area contributed by atoms with E-state index in [1.165, 1.54) is 12.1 Å². The summed E-state index contributed by atoms with van der Waals surface area (Å²) in [5.74, 6) is -0.360. The smallest absolute Gasteiger partial charge is 0.422 e. The van der Waals surface area contributed by atoms with E-state index in [0.29, 0.717) is 5.92 Å². The summed E-state index contributed by atoms with van der Waals surface area (Å²) in [4.78, 5) is 15.4. The van der Waals surface area contributed by atoms with Gasteiger partial charge in [-0.05, 0) is 25.3 Å². The van der Waals surface area contributed by atoms with Gasteiger partial charge in [0.25, 0.3) is 0 Å². The lowest BCUT2D eigenvalue weighted by atomic mass is 10.1. The van der Waals surface area contributed by atoms with Crippen molar-refractivity contribution in [1.82, 2.24) is 4.98 Å². The Bertz CT molecular complexity index is 458. The van der Waals surface area contributed by atoms with E-state index in [9.17, 15) is 18.0 Å². The highest BCUT2D eigenvalue weighted by molar-refractivity contribution is 5.89. The van der Waals surface area contributed by atoms with Crippen LogP contribution >= 0.6 is 0 Å². The molecular formula is C14H18F3NO3. The molecule has 1 unspecified atom stereocenters. The molecule has 0 aliphatic rings. The molecule has 0 amide bonds. The number of pyridine rings is 1. The molecule has 1 atom stereocenters. The molecule has 1 heterocycles. The highest BCUT2D eigenvalue weighted by atomic mass is 19.4. The Morgan fingerprint density at radius 2 is 1.95 bits per heavy atom. The molecule has 118 valence electrons. The molecule has 0 aliphatic carbocycles. The zero-order valence-electron chi connectivity index (χ0n) is 12.1. The lowest BCUT2D eigenvalue weighted by Crippen LogP contribution is -2.20. The SMILES string of the molecule is CC(C)CC(C)OC(=O)c1ccc(OCC(F)(F)F)nc1. The van der Waals surface area contributed by atoms with Crippen LogP contribution in [-0.2, 0) is 4.74 Å². The van der Waals surface area contributed by atoms with Gasteiger partial charge in [-0.2, -0.15) is 13.2 Å². The van der Waals surface area contributed by atoms with Crippen LogP contribution in [0.5, 0.6) is 5.88 Å². The average Bonchev–Trinajstić information content (AvgIpc) is 2.35. The van der Waals surface area contributed by atoms with E-state index >= 15 is 0 Å². The van der Waals surface area contributed by atoms with Crippen molar-refractivity contribution in [3.63, 3.8) is 0 Å². The summed E-state index contributed by atoms with van der Waals surface area (Å²) in [7, 11) is 0. The van der Waals surface area contributed by atoms with Crippen LogP contribution in [0.4, 0.5) is 13.2 Å². The van der Waals surface area contributed by atoms with Gasteiger partial charge < -0.3 is 9.47 Å². The first-order valence-electron chi connectivity index (χ1n) is 6.54. The summed E-state index contributed by atoms with van der Waals surface area (Å²) < 4.78 is 45.6. The van der Waals surface area contributed by atoms with E-state index in [2.05, 4.69) is 9.72 Å². The Labute approximate surface area is 121 Å². The molecule has 21 heavy (non-hydrogen) atoms. The van der Waals surface area contributed by atoms with Gasteiger partial charge in [0.1, 0.15) is 0 Å². The number of halogens is 3. The molecule has 7 heteroatoms. The minimum Gasteiger partial charge on any atom is -0.468 e. The van der Waals surface area contributed by atoms with E-state index in [-0.39, 0.29) is 17.5 Å². The number of nitrogens with zero attached hydrogens (tertiary/aromatic N) is 1. The maximum atomic E-state index is 12.0. The molecule has 4 nitrogen and oxygen atoms in total. The molecule has 0 fully saturated rings. The number of esters is 1. The topological polar surface area (TPSA) is 48.4 Å². The summed E-state index contributed by atoms with van der Waals surface area (Å²) in [6.45, 7) is 4.39. The molecule has 0 saturated heterocycles. The van der Waals surface area contributed by atoms with Gasteiger partial charge in [-0.1, -0.05) is 13.8 Å². The van der Waals surface area contributed by atoms with Crippen molar-refractivity contribution in [3.05, 3.63) is 23.9 Å². The standard InChI is InChI=1S/C14H18F3NO3/c1-9(2)6-10(3)21-13(19)11-4-5-12(18-7-11)20-8-14(15,16)17/h4-5,7,9-10H,6,8H2,1-3H3. The number of carbonyl (C=O) groups is 1. The number of hydrogen-bond acceptors (Lipinski definition) is 4. The predicted molar refractivity (Wildman–Crippen MR) is 70.1 cm³/mol. The van der Waals surface area contributed by atoms with Crippen LogP contribution in [-0.4, -0.2) is 29.8 Å². The fraction of sp³-hybridized carbons (Fsp3) is 0.571. The Kier molecular flexibility index (Phi) is 5.99. The first kappa shape index (κ1) is 17.3. The zero-order chi connectivity index (χ0) is 16.0. The van der Waals surface area contributed by atoms with Crippen molar-refractivity contribution >= 4 is 5.97 Å². The minimum atomic E-state index is -4.43. The highest BCUT2D eigenvalue weighted by Crippen LogP contribution is 2.17. The van der Waals surface area contributed by atoms with Gasteiger partial charge in [-0.25, -0.2) is 9.78 Å². The second-order valence-electron chi connectivity index (χ2n) is 5.13. The molecule has 0 radical (unpaired) electrons. The van der Waals surface area contributed by atoms with Gasteiger partial charge in [-0.15, -0.1) is 0 Å². The summed E-state index contributed by atoms with van der Waals surface area (Å²) in [5.41, 5.74) is 0.171. The third kappa shape index (κ3) is 6.97. The first-order valence-corrected chi connectivity index (χ1v) is 6.54. The summed E-state index contributed by atoms with van der Waals surface area (Å²) >= 11 is 0. The molecule has 1 rings (SSSR count). The van der Waals surface area contributed by atoms with E-state index in [0.717, 1.165) is 12.6 Å². The number of ether oxygens (including phenoxy) is 2.